The van der Waals surface area contributed by atoms with Crippen LogP contribution in [0.4, 0.5) is 0 Å². The largest absolute Gasteiger partial charge is 0.336 e. The minimum atomic E-state index is -0.341. The molecule has 3 N–H and O–H groups in total. The predicted molar refractivity (Wildman–Crippen MR) is 62.1 cm³/mol. The number of nitrogens with one attached hydrogen (secondary N) is 3. The molecule has 0 bridgehead atoms. The topological polar surface area (TPSA) is 81.0 Å². The number of aromatic amines is 2. The fourth-order valence-electron chi connectivity index (χ4n) is 1.67. The summed E-state index contributed by atoms with van der Waals surface area (Å²) in [7, 11) is 0. The summed E-state index contributed by atoms with van der Waals surface area (Å²) in [5.41, 5.74) is -0.00630. The number of hydrogen-bond donors (Lipinski definition) is 3. The Morgan fingerprint density at radius 1 is 1.31 bits per heavy atom. The molecule has 1 saturated heterocycles. The first-order chi connectivity index (χ1) is 7.27. The van der Waals surface area contributed by atoms with Crippen LogP contribution in [-0.4, -0.2) is 47.0 Å². The molecule has 1 aromatic rings. The lowest BCUT2D eigenvalue weighted by molar-refractivity contribution is 0.0761. The normalized spacial score (nSPS) is 16.4. The summed E-state index contributed by atoms with van der Waals surface area (Å²) in [6.07, 6.45) is 2.36. The van der Waals surface area contributed by atoms with Gasteiger partial charge >= 0.3 is 5.69 Å². The Balaban J connectivity index is 0.00000128. The molecule has 1 fully saturated rings. The number of halogens is 1. The van der Waals surface area contributed by atoms with Crippen molar-refractivity contribution >= 4 is 18.3 Å². The average molecular weight is 247 g/mol. The Bertz CT molecular complexity index is 392. The van der Waals surface area contributed by atoms with E-state index in [1.807, 2.05) is 0 Å². The van der Waals surface area contributed by atoms with Gasteiger partial charge in [0.25, 0.3) is 5.91 Å². The van der Waals surface area contributed by atoms with Gasteiger partial charge in [-0.3, -0.25) is 4.79 Å². The van der Waals surface area contributed by atoms with E-state index in [2.05, 4.69) is 15.3 Å². The van der Waals surface area contributed by atoms with Gasteiger partial charge in [-0.25, -0.2) is 4.79 Å². The van der Waals surface area contributed by atoms with Crippen molar-refractivity contribution in [3.63, 3.8) is 0 Å². The summed E-state index contributed by atoms with van der Waals surface area (Å²) >= 11 is 0. The molecule has 90 valence electrons. The zero-order valence-corrected chi connectivity index (χ0v) is 9.60. The number of aromatic nitrogens is 2. The van der Waals surface area contributed by atoms with Crippen LogP contribution >= 0.6 is 12.4 Å². The van der Waals surface area contributed by atoms with Gasteiger partial charge in [0.15, 0.2) is 0 Å². The van der Waals surface area contributed by atoms with E-state index >= 15 is 0 Å². The monoisotopic (exact) mass is 246 g/mol. The van der Waals surface area contributed by atoms with E-state index in [-0.39, 0.29) is 24.0 Å². The molecule has 2 heterocycles. The van der Waals surface area contributed by atoms with E-state index in [9.17, 15) is 9.59 Å². The summed E-state index contributed by atoms with van der Waals surface area (Å²) in [4.78, 5) is 29.4. The number of carbonyl (C=O) groups is 1. The molecule has 0 atom stereocenters. The SMILES string of the molecule is Cl.O=C(c1c[nH]c(=O)[nH]1)N1CCCNCC1. The molecular formula is C9H15ClN4O2. The molecular weight excluding hydrogens is 232 g/mol. The molecule has 1 aliphatic heterocycles. The van der Waals surface area contributed by atoms with Gasteiger partial charge in [-0.1, -0.05) is 0 Å². The first kappa shape index (κ1) is 12.8. The van der Waals surface area contributed by atoms with Crippen molar-refractivity contribution in [2.45, 2.75) is 6.42 Å². The van der Waals surface area contributed by atoms with Crippen molar-refractivity contribution < 1.29 is 4.79 Å². The second-order valence-electron chi connectivity index (χ2n) is 3.55. The van der Waals surface area contributed by atoms with Crippen molar-refractivity contribution in [2.75, 3.05) is 26.2 Å². The Hall–Kier alpha value is -1.27. The maximum absolute atomic E-state index is 11.9. The van der Waals surface area contributed by atoms with Crippen LogP contribution in [0, 0.1) is 0 Å². The summed E-state index contributed by atoms with van der Waals surface area (Å²) in [5.74, 6) is -0.114. The predicted octanol–water partition coefficient (Wildman–Crippen LogP) is -0.440. The Morgan fingerprint density at radius 3 is 2.81 bits per heavy atom. The Kier molecular flexibility index (Phi) is 4.57. The van der Waals surface area contributed by atoms with Crippen LogP contribution in [0.3, 0.4) is 0 Å². The highest BCUT2D eigenvalue weighted by molar-refractivity contribution is 5.92. The van der Waals surface area contributed by atoms with Crippen LogP contribution in [-0.2, 0) is 0 Å². The van der Waals surface area contributed by atoms with Crippen molar-refractivity contribution in [3.05, 3.63) is 22.4 Å². The third kappa shape index (κ3) is 2.86. The first-order valence-corrected chi connectivity index (χ1v) is 5.05. The summed E-state index contributed by atoms with van der Waals surface area (Å²) in [5, 5.41) is 3.22. The molecule has 0 radical (unpaired) electrons. The molecule has 1 aliphatic rings. The summed E-state index contributed by atoms with van der Waals surface area (Å²) in [6, 6.07) is 0. The number of nitrogens with zero attached hydrogens (tertiary/aromatic N) is 1. The molecule has 0 spiro atoms. The summed E-state index contributed by atoms with van der Waals surface area (Å²) in [6.45, 7) is 3.17. The number of rotatable bonds is 1. The van der Waals surface area contributed by atoms with Crippen LogP contribution in [0.25, 0.3) is 0 Å². The van der Waals surface area contributed by atoms with Crippen LogP contribution in [0.15, 0.2) is 11.0 Å². The van der Waals surface area contributed by atoms with Crippen molar-refractivity contribution in [3.8, 4) is 0 Å². The molecule has 6 nitrogen and oxygen atoms in total. The number of H-pyrrole nitrogens is 2. The van der Waals surface area contributed by atoms with Gasteiger partial charge in [-0.2, -0.15) is 0 Å². The van der Waals surface area contributed by atoms with E-state index in [0.29, 0.717) is 12.2 Å². The third-order valence-electron chi connectivity index (χ3n) is 2.45. The van der Waals surface area contributed by atoms with Crippen molar-refractivity contribution in [1.29, 1.82) is 0 Å². The molecule has 7 heteroatoms. The second kappa shape index (κ2) is 5.72. The van der Waals surface area contributed by atoms with Gasteiger partial charge in [0, 0.05) is 25.8 Å². The van der Waals surface area contributed by atoms with Gasteiger partial charge in [0.1, 0.15) is 5.69 Å². The smallest absolute Gasteiger partial charge is 0.323 e. The Morgan fingerprint density at radius 2 is 2.12 bits per heavy atom. The van der Waals surface area contributed by atoms with E-state index in [1.54, 1.807) is 4.90 Å². The standard InChI is InChI=1S/C9H14N4O2.ClH/c14-8(7-6-11-9(15)12-7)13-4-1-2-10-3-5-13;/h6,10H,1-5H2,(H2,11,12,15);1H. The van der Waals surface area contributed by atoms with E-state index in [1.165, 1.54) is 6.20 Å². The number of hydrogen-bond acceptors (Lipinski definition) is 3. The first-order valence-electron chi connectivity index (χ1n) is 5.05. The number of imidazole rings is 1. The molecule has 0 saturated carbocycles. The highest BCUT2D eigenvalue weighted by atomic mass is 35.5. The number of carbonyl (C=O) groups excluding carboxylic acids is 1. The van der Waals surface area contributed by atoms with Gasteiger partial charge in [-0.05, 0) is 13.0 Å². The van der Waals surface area contributed by atoms with E-state index < -0.39 is 0 Å². The molecule has 1 amide bonds. The zero-order chi connectivity index (χ0) is 10.7. The molecule has 2 rings (SSSR count). The van der Waals surface area contributed by atoms with Crippen LogP contribution in [0.5, 0.6) is 0 Å². The number of amides is 1. The molecule has 1 aromatic heterocycles. The second-order valence-corrected chi connectivity index (χ2v) is 3.55. The maximum Gasteiger partial charge on any atom is 0.323 e. The van der Waals surface area contributed by atoms with Gasteiger partial charge in [-0.15, -0.1) is 12.4 Å². The lowest BCUT2D eigenvalue weighted by Gasteiger charge is -2.18. The van der Waals surface area contributed by atoms with Gasteiger partial charge in [0.2, 0.25) is 0 Å². The van der Waals surface area contributed by atoms with Crippen LogP contribution < -0.4 is 11.0 Å². The third-order valence-corrected chi connectivity index (χ3v) is 2.45. The average Bonchev–Trinajstić information content (AvgIpc) is 2.53. The van der Waals surface area contributed by atoms with Crippen LogP contribution in [0.1, 0.15) is 16.9 Å². The highest BCUT2D eigenvalue weighted by Gasteiger charge is 2.18. The summed E-state index contributed by atoms with van der Waals surface area (Å²) < 4.78 is 0. The fraction of sp³-hybridized carbons (Fsp3) is 0.556. The Labute approximate surface area is 98.8 Å². The lowest BCUT2D eigenvalue weighted by Crippen LogP contribution is -2.34. The quantitative estimate of drug-likeness (QED) is 0.629. The zero-order valence-electron chi connectivity index (χ0n) is 8.78. The van der Waals surface area contributed by atoms with E-state index in [4.69, 9.17) is 0 Å². The lowest BCUT2D eigenvalue weighted by atomic mass is 10.3. The molecule has 0 unspecified atom stereocenters. The minimum absolute atomic E-state index is 0. The van der Waals surface area contributed by atoms with Crippen LogP contribution in [0.2, 0.25) is 0 Å². The molecule has 0 aromatic carbocycles. The maximum atomic E-state index is 11.9. The fourth-order valence-corrected chi connectivity index (χ4v) is 1.67. The van der Waals surface area contributed by atoms with Gasteiger partial charge < -0.3 is 20.2 Å². The molecule has 16 heavy (non-hydrogen) atoms. The van der Waals surface area contributed by atoms with Gasteiger partial charge in [0.05, 0.1) is 0 Å². The van der Waals surface area contributed by atoms with Crippen molar-refractivity contribution in [1.82, 2.24) is 20.2 Å². The van der Waals surface area contributed by atoms with Crippen molar-refractivity contribution in [2.24, 2.45) is 0 Å². The highest BCUT2D eigenvalue weighted by Crippen LogP contribution is 2.01. The van der Waals surface area contributed by atoms with E-state index in [0.717, 1.165) is 26.1 Å². The molecule has 0 aliphatic carbocycles. The minimum Gasteiger partial charge on any atom is -0.336 e.